The summed E-state index contributed by atoms with van der Waals surface area (Å²) < 4.78 is 39.5. The molecule has 1 N–H and O–H groups in total. The Morgan fingerprint density at radius 2 is 1.77 bits per heavy atom. The highest BCUT2D eigenvalue weighted by Gasteiger charge is 2.25. The predicted molar refractivity (Wildman–Crippen MR) is 98.7 cm³/mol. The smallest absolute Gasteiger partial charge is 0.243 e. The zero-order chi connectivity index (χ0) is 19.5. The molecule has 0 radical (unpaired) electrons. The number of benzene rings is 2. The van der Waals surface area contributed by atoms with Gasteiger partial charge in [-0.1, -0.05) is 24.3 Å². The van der Waals surface area contributed by atoms with E-state index in [9.17, 15) is 17.6 Å². The van der Waals surface area contributed by atoms with Crippen molar-refractivity contribution < 1.29 is 17.6 Å². The molecule has 26 heavy (non-hydrogen) atoms. The van der Waals surface area contributed by atoms with Gasteiger partial charge in [-0.05, 0) is 55.7 Å². The number of rotatable bonds is 6. The second-order valence-corrected chi connectivity index (χ2v) is 8.38. The molecule has 0 heterocycles. The van der Waals surface area contributed by atoms with E-state index in [1.807, 2.05) is 13.0 Å². The summed E-state index contributed by atoms with van der Waals surface area (Å²) in [5.74, 6) is -0.787. The second-order valence-electron chi connectivity index (χ2n) is 6.37. The number of amides is 1. The van der Waals surface area contributed by atoms with Crippen LogP contribution in [0.4, 0.5) is 4.39 Å². The number of nitrogens with one attached hydrogen (secondary N) is 1. The summed E-state index contributed by atoms with van der Waals surface area (Å²) in [5, 5.41) is 2.73. The van der Waals surface area contributed by atoms with Crippen molar-refractivity contribution in [1.29, 1.82) is 0 Å². The number of carbonyl (C=O) groups excluding carboxylic acids is 1. The Morgan fingerprint density at radius 3 is 2.38 bits per heavy atom. The first kappa shape index (κ1) is 20.1. The van der Waals surface area contributed by atoms with Crippen molar-refractivity contribution in [2.75, 3.05) is 13.6 Å². The Hall–Kier alpha value is -2.25. The van der Waals surface area contributed by atoms with Crippen molar-refractivity contribution in [2.24, 2.45) is 0 Å². The average Bonchev–Trinajstić information content (AvgIpc) is 2.57. The molecule has 0 fully saturated rings. The van der Waals surface area contributed by atoms with E-state index in [2.05, 4.69) is 5.32 Å². The average molecular weight is 378 g/mol. The highest BCUT2D eigenvalue weighted by atomic mass is 32.2. The molecule has 140 valence electrons. The van der Waals surface area contributed by atoms with E-state index in [0.29, 0.717) is 5.56 Å². The minimum atomic E-state index is -3.77. The topological polar surface area (TPSA) is 66.5 Å². The molecule has 0 saturated carbocycles. The Balaban J connectivity index is 2.08. The van der Waals surface area contributed by atoms with Gasteiger partial charge in [0, 0.05) is 7.05 Å². The minimum absolute atomic E-state index is 0.194. The number of halogens is 1. The largest absolute Gasteiger partial charge is 0.348 e. The number of hydrogen-bond acceptors (Lipinski definition) is 3. The third-order valence-corrected chi connectivity index (χ3v) is 6.09. The van der Waals surface area contributed by atoms with E-state index in [-0.39, 0.29) is 23.3 Å². The van der Waals surface area contributed by atoms with Gasteiger partial charge in [0.1, 0.15) is 5.82 Å². The molecular weight excluding hydrogens is 355 g/mol. The van der Waals surface area contributed by atoms with Crippen LogP contribution < -0.4 is 5.32 Å². The number of hydrogen-bond donors (Lipinski definition) is 1. The Labute approximate surface area is 153 Å². The van der Waals surface area contributed by atoms with Crippen LogP contribution in [0.1, 0.15) is 29.7 Å². The standard InChI is InChI=1S/C19H23FN2O3S/c1-13-5-6-14(2)18(11-13)26(24,25)22(4)12-19(23)21-15(3)16-7-9-17(20)10-8-16/h5-11,15H,12H2,1-4H3,(H,21,23)/t15-/m1/s1. The van der Waals surface area contributed by atoms with Crippen molar-refractivity contribution in [3.05, 3.63) is 65.0 Å². The van der Waals surface area contributed by atoms with Gasteiger partial charge in [0.05, 0.1) is 17.5 Å². The van der Waals surface area contributed by atoms with Crippen molar-refractivity contribution in [2.45, 2.75) is 31.7 Å². The Kier molecular flexibility index (Phi) is 6.15. The van der Waals surface area contributed by atoms with Gasteiger partial charge in [-0.25, -0.2) is 12.8 Å². The SMILES string of the molecule is Cc1ccc(C)c(S(=O)(=O)N(C)CC(=O)N[C@H](C)c2ccc(F)cc2)c1. The van der Waals surface area contributed by atoms with E-state index in [0.717, 1.165) is 15.4 Å². The van der Waals surface area contributed by atoms with Gasteiger partial charge in [-0.3, -0.25) is 4.79 Å². The van der Waals surface area contributed by atoms with Crippen LogP contribution in [0.5, 0.6) is 0 Å². The van der Waals surface area contributed by atoms with E-state index < -0.39 is 15.9 Å². The fraction of sp³-hybridized carbons (Fsp3) is 0.316. The van der Waals surface area contributed by atoms with E-state index >= 15 is 0 Å². The lowest BCUT2D eigenvalue weighted by atomic mass is 10.1. The highest BCUT2D eigenvalue weighted by molar-refractivity contribution is 7.89. The monoisotopic (exact) mass is 378 g/mol. The minimum Gasteiger partial charge on any atom is -0.348 e. The molecule has 5 nitrogen and oxygen atoms in total. The number of aryl methyl sites for hydroxylation is 2. The molecule has 0 aliphatic heterocycles. The van der Waals surface area contributed by atoms with Gasteiger partial charge in [0.2, 0.25) is 15.9 Å². The van der Waals surface area contributed by atoms with Crippen LogP contribution in [-0.2, 0) is 14.8 Å². The quantitative estimate of drug-likeness (QED) is 0.840. The number of carbonyl (C=O) groups is 1. The zero-order valence-electron chi connectivity index (χ0n) is 15.3. The van der Waals surface area contributed by atoms with Gasteiger partial charge in [-0.2, -0.15) is 4.31 Å². The van der Waals surface area contributed by atoms with Gasteiger partial charge in [0.15, 0.2) is 0 Å². The third-order valence-electron chi connectivity index (χ3n) is 4.15. The van der Waals surface area contributed by atoms with Crippen LogP contribution in [0.3, 0.4) is 0 Å². The maximum absolute atomic E-state index is 13.0. The second kappa shape index (κ2) is 7.97. The van der Waals surface area contributed by atoms with Crippen LogP contribution in [-0.4, -0.2) is 32.2 Å². The van der Waals surface area contributed by atoms with Crippen molar-refractivity contribution in [3.8, 4) is 0 Å². The van der Waals surface area contributed by atoms with E-state index in [1.165, 1.54) is 19.2 Å². The van der Waals surface area contributed by atoms with Gasteiger partial charge in [0.25, 0.3) is 0 Å². The molecular formula is C19H23FN2O3S. The van der Waals surface area contributed by atoms with Crippen LogP contribution in [0, 0.1) is 19.7 Å². The zero-order valence-corrected chi connectivity index (χ0v) is 16.1. The molecule has 7 heteroatoms. The Bertz CT molecular complexity index is 896. The van der Waals surface area contributed by atoms with Crippen LogP contribution in [0.2, 0.25) is 0 Å². The van der Waals surface area contributed by atoms with Gasteiger partial charge in [-0.15, -0.1) is 0 Å². The molecule has 1 amide bonds. The maximum Gasteiger partial charge on any atom is 0.243 e. The Morgan fingerprint density at radius 1 is 1.15 bits per heavy atom. The molecule has 2 aromatic carbocycles. The molecule has 0 aromatic heterocycles. The van der Waals surface area contributed by atoms with Crippen molar-refractivity contribution >= 4 is 15.9 Å². The maximum atomic E-state index is 13.0. The summed E-state index contributed by atoms with van der Waals surface area (Å²) in [5.41, 5.74) is 2.19. The molecule has 0 spiro atoms. The summed E-state index contributed by atoms with van der Waals surface area (Å²) >= 11 is 0. The summed E-state index contributed by atoms with van der Waals surface area (Å²) in [4.78, 5) is 12.4. The number of sulfonamides is 1. The van der Waals surface area contributed by atoms with Crippen LogP contribution >= 0.6 is 0 Å². The lowest BCUT2D eigenvalue weighted by molar-refractivity contribution is -0.121. The lowest BCUT2D eigenvalue weighted by Gasteiger charge is -2.20. The van der Waals surface area contributed by atoms with Crippen LogP contribution in [0.25, 0.3) is 0 Å². The predicted octanol–water partition coefficient (Wildman–Crippen LogP) is 2.94. The highest BCUT2D eigenvalue weighted by Crippen LogP contribution is 2.20. The fourth-order valence-corrected chi connectivity index (χ4v) is 3.99. The van der Waals surface area contributed by atoms with Gasteiger partial charge >= 0.3 is 0 Å². The number of likely N-dealkylation sites (N-methyl/N-ethyl adjacent to an activating group) is 1. The molecule has 2 rings (SSSR count). The summed E-state index contributed by atoms with van der Waals surface area (Å²) in [6, 6.07) is 10.6. The van der Waals surface area contributed by atoms with Crippen molar-refractivity contribution in [3.63, 3.8) is 0 Å². The molecule has 0 saturated heterocycles. The third kappa shape index (κ3) is 4.68. The molecule has 2 aromatic rings. The summed E-state index contributed by atoms with van der Waals surface area (Å²) in [6.45, 7) is 4.98. The fourth-order valence-electron chi connectivity index (χ4n) is 2.56. The molecule has 0 bridgehead atoms. The molecule has 0 aliphatic rings. The van der Waals surface area contributed by atoms with Gasteiger partial charge < -0.3 is 5.32 Å². The summed E-state index contributed by atoms with van der Waals surface area (Å²) in [6.07, 6.45) is 0. The first-order valence-corrected chi connectivity index (χ1v) is 9.63. The first-order valence-electron chi connectivity index (χ1n) is 8.19. The first-order chi connectivity index (χ1) is 12.1. The molecule has 0 aliphatic carbocycles. The normalized spacial score (nSPS) is 12.8. The lowest BCUT2D eigenvalue weighted by Crippen LogP contribution is -2.39. The molecule has 1 atom stereocenters. The number of nitrogens with zero attached hydrogens (tertiary/aromatic N) is 1. The van der Waals surface area contributed by atoms with E-state index in [1.54, 1.807) is 38.1 Å². The van der Waals surface area contributed by atoms with Crippen LogP contribution in [0.15, 0.2) is 47.4 Å². The molecule has 0 unspecified atom stereocenters. The van der Waals surface area contributed by atoms with E-state index in [4.69, 9.17) is 0 Å². The van der Waals surface area contributed by atoms with Crippen molar-refractivity contribution in [1.82, 2.24) is 9.62 Å². The summed E-state index contributed by atoms with van der Waals surface area (Å²) in [7, 11) is -2.40.